The Morgan fingerprint density at radius 1 is 1.04 bits per heavy atom. The molecule has 0 bridgehead atoms. The first-order valence-electron chi connectivity index (χ1n) is 7.98. The van der Waals surface area contributed by atoms with Crippen LogP contribution in [-0.2, 0) is 4.79 Å². The summed E-state index contributed by atoms with van der Waals surface area (Å²) in [4.78, 5) is 12.5. The zero-order chi connectivity index (χ0) is 17.8. The second kappa shape index (κ2) is 7.77. The monoisotopic (exact) mass is 373 g/mol. The van der Waals surface area contributed by atoms with Crippen molar-refractivity contribution in [1.29, 1.82) is 0 Å². The van der Waals surface area contributed by atoms with E-state index in [9.17, 15) is 4.79 Å². The average molecular weight is 374 g/mol. The Morgan fingerprint density at radius 2 is 1.80 bits per heavy atom. The van der Waals surface area contributed by atoms with Crippen molar-refractivity contribution < 1.29 is 9.53 Å². The van der Waals surface area contributed by atoms with Crippen molar-refractivity contribution in [3.63, 3.8) is 0 Å². The molecule has 5 heteroatoms. The molecule has 1 atom stereocenters. The molecule has 0 aromatic heterocycles. The van der Waals surface area contributed by atoms with Gasteiger partial charge in [-0.05, 0) is 47.5 Å². The SMILES string of the molecule is CC[C@@H](Oc1ccc2ccccc2c1)C(=O)Nc1ccc(Cl)cc1Cl. The number of carbonyl (C=O) groups excluding carboxylic acids is 1. The molecule has 3 aromatic carbocycles. The van der Waals surface area contributed by atoms with Crippen molar-refractivity contribution in [3.05, 3.63) is 70.7 Å². The van der Waals surface area contributed by atoms with E-state index in [0.29, 0.717) is 27.9 Å². The summed E-state index contributed by atoms with van der Waals surface area (Å²) in [5.74, 6) is 0.405. The molecular formula is C20H17Cl2NO2. The Bertz CT molecular complexity index is 911. The quantitative estimate of drug-likeness (QED) is 0.600. The maximum Gasteiger partial charge on any atom is 0.265 e. The van der Waals surface area contributed by atoms with E-state index < -0.39 is 6.10 Å². The van der Waals surface area contributed by atoms with Gasteiger partial charge < -0.3 is 10.1 Å². The van der Waals surface area contributed by atoms with Gasteiger partial charge in [-0.15, -0.1) is 0 Å². The Labute approximate surface area is 156 Å². The van der Waals surface area contributed by atoms with Crippen LogP contribution >= 0.6 is 23.2 Å². The second-order valence-electron chi connectivity index (χ2n) is 5.64. The van der Waals surface area contributed by atoms with E-state index in [4.69, 9.17) is 27.9 Å². The normalized spacial score (nSPS) is 12.0. The van der Waals surface area contributed by atoms with Crippen molar-refractivity contribution in [2.75, 3.05) is 5.32 Å². The van der Waals surface area contributed by atoms with E-state index in [0.717, 1.165) is 10.8 Å². The van der Waals surface area contributed by atoms with Crippen LogP contribution in [0, 0.1) is 0 Å². The third-order valence-corrected chi connectivity index (χ3v) is 4.40. The molecule has 3 aromatic rings. The highest BCUT2D eigenvalue weighted by atomic mass is 35.5. The number of ether oxygens (including phenoxy) is 1. The molecule has 0 aliphatic heterocycles. The first-order chi connectivity index (χ1) is 12.1. The van der Waals surface area contributed by atoms with Gasteiger partial charge in [0.2, 0.25) is 0 Å². The fourth-order valence-electron chi connectivity index (χ4n) is 2.53. The number of hydrogen-bond donors (Lipinski definition) is 1. The summed E-state index contributed by atoms with van der Waals surface area (Å²) in [6.45, 7) is 1.90. The van der Waals surface area contributed by atoms with E-state index >= 15 is 0 Å². The highest BCUT2D eigenvalue weighted by molar-refractivity contribution is 6.36. The van der Waals surface area contributed by atoms with Crippen molar-refractivity contribution in [2.45, 2.75) is 19.4 Å². The van der Waals surface area contributed by atoms with Gasteiger partial charge in [0.15, 0.2) is 6.10 Å². The van der Waals surface area contributed by atoms with Crippen LogP contribution in [0.25, 0.3) is 10.8 Å². The largest absolute Gasteiger partial charge is 0.481 e. The molecule has 3 rings (SSSR count). The molecule has 3 nitrogen and oxygen atoms in total. The maximum absolute atomic E-state index is 12.5. The number of anilines is 1. The van der Waals surface area contributed by atoms with E-state index in [-0.39, 0.29) is 5.91 Å². The molecule has 0 spiro atoms. The standard InChI is InChI=1S/C20H17Cl2NO2/c1-2-19(20(24)23-18-10-8-15(21)12-17(18)22)25-16-9-7-13-5-3-4-6-14(13)11-16/h3-12,19H,2H2,1H3,(H,23,24)/t19-/m1/s1. The number of hydrogen-bond acceptors (Lipinski definition) is 2. The van der Waals surface area contributed by atoms with Crippen LogP contribution in [0.2, 0.25) is 10.0 Å². The van der Waals surface area contributed by atoms with Crippen molar-refractivity contribution in [3.8, 4) is 5.75 Å². The maximum atomic E-state index is 12.5. The first kappa shape index (κ1) is 17.6. The summed E-state index contributed by atoms with van der Waals surface area (Å²) in [5, 5.41) is 5.89. The Morgan fingerprint density at radius 3 is 2.52 bits per heavy atom. The molecule has 0 aliphatic carbocycles. The number of rotatable bonds is 5. The van der Waals surface area contributed by atoms with Gasteiger partial charge in [0.05, 0.1) is 10.7 Å². The fraction of sp³-hybridized carbons (Fsp3) is 0.150. The van der Waals surface area contributed by atoms with Crippen LogP contribution < -0.4 is 10.1 Å². The first-order valence-corrected chi connectivity index (χ1v) is 8.74. The molecule has 128 valence electrons. The van der Waals surface area contributed by atoms with Crippen LogP contribution in [0.3, 0.4) is 0 Å². The minimum atomic E-state index is -0.618. The number of carbonyl (C=O) groups is 1. The molecule has 1 amide bonds. The lowest BCUT2D eigenvalue weighted by atomic mass is 10.1. The predicted octanol–water partition coefficient (Wildman–Crippen LogP) is 5.94. The van der Waals surface area contributed by atoms with Gasteiger partial charge in [-0.3, -0.25) is 4.79 Å². The van der Waals surface area contributed by atoms with Gasteiger partial charge in [0.25, 0.3) is 5.91 Å². The molecule has 0 saturated heterocycles. The van der Waals surface area contributed by atoms with E-state index in [1.54, 1.807) is 18.2 Å². The van der Waals surface area contributed by atoms with Crippen LogP contribution in [0.5, 0.6) is 5.75 Å². The number of benzene rings is 3. The zero-order valence-corrected chi connectivity index (χ0v) is 15.1. The molecule has 0 heterocycles. The second-order valence-corrected chi connectivity index (χ2v) is 6.48. The molecular weight excluding hydrogens is 357 g/mol. The Balaban J connectivity index is 1.75. The van der Waals surface area contributed by atoms with Crippen molar-refractivity contribution >= 4 is 45.6 Å². The topological polar surface area (TPSA) is 38.3 Å². The summed E-state index contributed by atoms with van der Waals surface area (Å²) in [6, 6.07) is 18.7. The lowest BCUT2D eigenvalue weighted by molar-refractivity contribution is -0.122. The lowest BCUT2D eigenvalue weighted by Crippen LogP contribution is -2.32. The van der Waals surface area contributed by atoms with Crippen molar-refractivity contribution in [1.82, 2.24) is 0 Å². The smallest absolute Gasteiger partial charge is 0.265 e. The van der Waals surface area contributed by atoms with Gasteiger partial charge in [0.1, 0.15) is 5.75 Å². The molecule has 1 N–H and O–H groups in total. The number of amides is 1. The van der Waals surface area contributed by atoms with E-state index in [1.807, 2.05) is 49.4 Å². The molecule has 0 saturated carbocycles. The zero-order valence-electron chi connectivity index (χ0n) is 13.6. The molecule has 0 aliphatic rings. The van der Waals surface area contributed by atoms with Crippen molar-refractivity contribution in [2.24, 2.45) is 0 Å². The molecule has 0 fully saturated rings. The van der Waals surface area contributed by atoms with E-state index in [2.05, 4.69) is 5.32 Å². The minimum absolute atomic E-state index is 0.250. The summed E-state index contributed by atoms with van der Waals surface area (Å²) in [6.07, 6.45) is -0.0861. The predicted molar refractivity (Wildman–Crippen MR) is 104 cm³/mol. The fourth-order valence-corrected chi connectivity index (χ4v) is 2.99. The highest BCUT2D eigenvalue weighted by Gasteiger charge is 2.19. The van der Waals surface area contributed by atoms with Gasteiger partial charge in [-0.2, -0.15) is 0 Å². The average Bonchev–Trinajstić information content (AvgIpc) is 2.61. The summed E-state index contributed by atoms with van der Waals surface area (Å²) >= 11 is 12.0. The van der Waals surface area contributed by atoms with Gasteiger partial charge >= 0.3 is 0 Å². The Kier molecular flexibility index (Phi) is 5.47. The van der Waals surface area contributed by atoms with Crippen LogP contribution in [0.4, 0.5) is 5.69 Å². The van der Waals surface area contributed by atoms with Gasteiger partial charge in [0, 0.05) is 5.02 Å². The third-order valence-electron chi connectivity index (χ3n) is 3.85. The number of nitrogens with one attached hydrogen (secondary N) is 1. The Hall–Kier alpha value is -2.23. The van der Waals surface area contributed by atoms with E-state index in [1.165, 1.54) is 0 Å². The van der Waals surface area contributed by atoms with Crippen LogP contribution in [-0.4, -0.2) is 12.0 Å². The lowest BCUT2D eigenvalue weighted by Gasteiger charge is -2.18. The molecule has 0 radical (unpaired) electrons. The molecule has 0 unspecified atom stereocenters. The minimum Gasteiger partial charge on any atom is -0.481 e. The van der Waals surface area contributed by atoms with Gasteiger partial charge in [-0.25, -0.2) is 0 Å². The van der Waals surface area contributed by atoms with Gasteiger partial charge in [-0.1, -0.05) is 60.5 Å². The summed E-state index contributed by atoms with van der Waals surface area (Å²) in [5.41, 5.74) is 0.511. The molecule has 25 heavy (non-hydrogen) atoms. The van der Waals surface area contributed by atoms with Crippen LogP contribution in [0.15, 0.2) is 60.7 Å². The number of halogens is 2. The highest BCUT2D eigenvalue weighted by Crippen LogP contribution is 2.26. The summed E-state index contributed by atoms with van der Waals surface area (Å²) in [7, 11) is 0. The third kappa shape index (κ3) is 4.25. The summed E-state index contributed by atoms with van der Waals surface area (Å²) < 4.78 is 5.89. The number of fused-ring (bicyclic) bond motifs is 1. The van der Waals surface area contributed by atoms with Crippen LogP contribution in [0.1, 0.15) is 13.3 Å².